The number of thioether (sulfide) groups is 1. The van der Waals surface area contributed by atoms with Crippen LogP contribution >= 0.6 is 27.7 Å². The van der Waals surface area contributed by atoms with E-state index in [0.29, 0.717) is 28.1 Å². The van der Waals surface area contributed by atoms with Crippen LogP contribution in [0, 0.1) is 0 Å². The minimum absolute atomic E-state index is 0.163. The van der Waals surface area contributed by atoms with Crippen molar-refractivity contribution in [1.29, 1.82) is 0 Å². The van der Waals surface area contributed by atoms with Gasteiger partial charge in [-0.15, -0.1) is 0 Å². The van der Waals surface area contributed by atoms with Crippen molar-refractivity contribution < 1.29 is 19.4 Å². The molecule has 0 bridgehead atoms. The molecule has 0 saturated carbocycles. The van der Waals surface area contributed by atoms with Gasteiger partial charge in [0.05, 0.1) is 16.2 Å². The summed E-state index contributed by atoms with van der Waals surface area (Å²) in [6, 6.07) is 21.7. The number of rotatable bonds is 6. The quantitative estimate of drug-likeness (QED) is 0.404. The molecule has 1 amide bonds. The number of amidine groups is 1. The number of carbonyl (C=O) groups excluding carboxylic acids is 1. The molecule has 0 unspecified atom stereocenters. The number of aromatic carboxylic acids is 1. The molecule has 0 aliphatic carbocycles. The summed E-state index contributed by atoms with van der Waals surface area (Å²) in [4.78, 5) is 30.3. The second kappa shape index (κ2) is 10.1. The van der Waals surface area contributed by atoms with Gasteiger partial charge in [-0.2, -0.15) is 0 Å². The van der Waals surface area contributed by atoms with Crippen LogP contribution in [0.5, 0.6) is 5.75 Å². The third-order valence-corrected chi connectivity index (χ3v) is 6.44. The molecule has 3 aromatic carbocycles. The van der Waals surface area contributed by atoms with Crippen LogP contribution in [0.25, 0.3) is 6.08 Å². The van der Waals surface area contributed by atoms with Crippen molar-refractivity contribution in [3.05, 3.63) is 98.9 Å². The van der Waals surface area contributed by atoms with E-state index in [0.717, 1.165) is 15.6 Å². The van der Waals surface area contributed by atoms with Crippen molar-refractivity contribution in [2.24, 2.45) is 4.99 Å². The molecule has 6 nitrogen and oxygen atoms in total. The van der Waals surface area contributed by atoms with Gasteiger partial charge in [-0.1, -0.05) is 46.3 Å². The first-order valence-electron chi connectivity index (χ1n) is 9.96. The third-order valence-electron chi connectivity index (χ3n) is 4.86. The molecule has 166 valence electrons. The number of amides is 1. The fourth-order valence-corrected chi connectivity index (χ4v) is 4.30. The van der Waals surface area contributed by atoms with Crippen LogP contribution in [-0.2, 0) is 11.4 Å². The maximum absolute atomic E-state index is 12.8. The Labute approximate surface area is 203 Å². The highest BCUT2D eigenvalue weighted by molar-refractivity contribution is 9.10. The largest absolute Gasteiger partial charge is 0.488 e. The lowest BCUT2D eigenvalue weighted by Crippen LogP contribution is -2.23. The van der Waals surface area contributed by atoms with Crippen LogP contribution in [0.3, 0.4) is 0 Å². The van der Waals surface area contributed by atoms with Gasteiger partial charge in [0.15, 0.2) is 5.17 Å². The number of carbonyl (C=O) groups is 2. The third kappa shape index (κ3) is 5.53. The molecule has 1 saturated heterocycles. The topological polar surface area (TPSA) is 79.2 Å². The van der Waals surface area contributed by atoms with Crippen molar-refractivity contribution in [1.82, 2.24) is 4.90 Å². The van der Waals surface area contributed by atoms with Gasteiger partial charge in [0, 0.05) is 17.1 Å². The Balaban J connectivity index is 1.53. The van der Waals surface area contributed by atoms with Crippen LogP contribution in [0.15, 0.2) is 87.2 Å². The Bertz CT molecular complexity index is 1250. The number of para-hydroxylation sites is 1. The highest BCUT2D eigenvalue weighted by Crippen LogP contribution is 2.35. The molecule has 0 radical (unpaired) electrons. The lowest BCUT2D eigenvalue weighted by molar-refractivity contribution is -0.121. The maximum atomic E-state index is 12.8. The molecular formula is C25H19BrN2O4S. The molecule has 1 aliphatic rings. The molecule has 1 aliphatic heterocycles. The summed E-state index contributed by atoms with van der Waals surface area (Å²) in [6.07, 6.45) is 1.80. The second-order valence-corrected chi connectivity index (χ2v) is 9.10. The number of hydrogen-bond acceptors (Lipinski definition) is 5. The Morgan fingerprint density at radius 2 is 1.79 bits per heavy atom. The predicted molar refractivity (Wildman–Crippen MR) is 134 cm³/mol. The molecule has 0 spiro atoms. The van der Waals surface area contributed by atoms with Gasteiger partial charge in [0.2, 0.25) is 0 Å². The predicted octanol–water partition coefficient (Wildman–Crippen LogP) is 5.96. The van der Waals surface area contributed by atoms with E-state index >= 15 is 0 Å². The summed E-state index contributed by atoms with van der Waals surface area (Å²) >= 11 is 4.69. The molecular weight excluding hydrogens is 504 g/mol. The molecule has 1 fully saturated rings. The molecule has 8 heteroatoms. The Morgan fingerprint density at radius 1 is 1.09 bits per heavy atom. The standard InChI is InChI=1S/C25H19BrN2O4S/c1-28-23(29)22(33-25(28)27-20-12-8-17(9-13-20)24(30)31)14-18-4-2-3-5-21(18)32-15-16-6-10-19(26)11-7-16/h2-14H,15H2,1H3,(H,30,31). The SMILES string of the molecule is CN1C(=O)C(=Cc2ccccc2OCc2ccc(Br)cc2)SC1=Nc1ccc(C(=O)O)cc1. The van der Waals surface area contributed by atoms with Crippen molar-refractivity contribution in [2.45, 2.75) is 6.61 Å². The average molecular weight is 523 g/mol. The molecule has 1 N–H and O–H groups in total. The summed E-state index contributed by atoms with van der Waals surface area (Å²) in [7, 11) is 1.66. The number of carboxylic acid groups (broad SMARTS) is 1. The first kappa shape index (κ1) is 22.8. The van der Waals surface area contributed by atoms with E-state index in [4.69, 9.17) is 9.84 Å². The number of hydrogen-bond donors (Lipinski definition) is 1. The number of aliphatic imine (C=N–C) groups is 1. The van der Waals surface area contributed by atoms with Crippen LogP contribution in [0.2, 0.25) is 0 Å². The van der Waals surface area contributed by atoms with E-state index in [1.807, 2.05) is 48.5 Å². The summed E-state index contributed by atoms with van der Waals surface area (Å²) in [5.74, 6) is -0.481. The van der Waals surface area contributed by atoms with E-state index in [2.05, 4.69) is 20.9 Å². The van der Waals surface area contributed by atoms with E-state index in [1.165, 1.54) is 28.8 Å². The Kier molecular flexibility index (Phi) is 6.96. The van der Waals surface area contributed by atoms with Crippen LogP contribution in [0.1, 0.15) is 21.5 Å². The molecule has 0 atom stereocenters. The normalized spacial score (nSPS) is 15.9. The fraction of sp³-hybridized carbons (Fsp3) is 0.0800. The summed E-state index contributed by atoms with van der Waals surface area (Å²) < 4.78 is 7.02. The highest BCUT2D eigenvalue weighted by atomic mass is 79.9. The first-order valence-corrected chi connectivity index (χ1v) is 11.6. The Morgan fingerprint density at radius 3 is 2.48 bits per heavy atom. The first-order chi connectivity index (χ1) is 15.9. The molecule has 4 rings (SSSR count). The molecule has 33 heavy (non-hydrogen) atoms. The van der Waals surface area contributed by atoms with Crippen molar-refractivity contribution in [3.63, 3.8) is 0 Å². The second-order valence-electron chi connectivity index (χ2n) is 7.17. The minimum atomic E-state index is -0.997. The zero-order valence-electron chi connectivity index (χ0n) is 17.6. The average Bonchev–Trinajstić information content (AvgIpc) is 3.07. The van der Waals surface area contributed by atoms with E-state index in [9.17, 15) is 9.59 Å². The van der Waals surface area contributed by atoms with Gasteiger partial charge in [0.1, 0.15) is 12.4 Å². The molecule has 3 aromatic rings. The van der Waals surface area contributed by atoms with E-state index in [-0.39, 0.29) is 11.5 Å². The fourth-order valence-electron chi connectivity index (χ4n) is 3.05. The minimum Gasteiger partial charge on any atom is -0.488 e. The van der Waals surface area contributed by atoms with Crippen molar-refractivity contribution in [3.8, 4) is 5.75 Å². The van der Waals surface area contributed by atoms with Gasteiger partial charge in [-0.25, -0.2) is 9.79 Å². The number of ether oxygens (including phenoxy) is 1. The lowest BCUT2D eigenvalue weighted by atomic mass is 10.2. The summed E-state index contributed by atoms with van der Waals surface area (Å²) in [5.41, 5.74) is 2.59. The summed E-state index contributed by atoms with van der Waals surface area (Å²) in [6.45, 7) is 0.410. The molecule has 1 heterocycles. The lowest BCUT2D eigenvalue weighted by Gasteiger charge is -2.10. The number of likely N-dealkylation sites (N-methyl/N-ethyl adjacent to an activating group) is 1. The van der Waals surface area contributed by atoms with Gasteiger partial charge >= 0.3 is 5.97 Å². The smallest absolute Gasteiger partial charge is 0.335 e. The van der Waals surface area contributed by atoms with Gasteiger partial charge in [-0.3, -0.25) is 9.69 Å². The molecule has 0 aromatic heterocycles. The number of benzene rings is 3. The van der Waals surface area contributed by atoms with Crippen LogP contribution in [0.4, 0.5) is 5.69 Å². The monoisotopic (exact) mass is 522 g/mol. The van der Waals surface area contributed by atoms with Gasteiger partial charge in [-0.05, 0) is 65.9 Å². The zero-order valence-corrected chi connectivity index (χ0v) is 20.0. The highest BCUT2D eigenvalue weighted by Gasteiger charge is 2.30. The van der Waals surface area contributed by atoms with E-state index < -0.39 is 5.97 Å². The summed E-state index contributed by atoms with van der Waals surface area (Å²) in [5, 5.41) is 9.55. The van der Waals surface area contributed by atoms with Gasteiger partial charge < -0.3 is 9.84 Å². The van der Waals surface area contributed by atoms with Crippen LogP contribution < -0.4 is 4.74 Å². The number of halogens is 1. The maximum Gasteiger partial charge on any atom is 0.335 e. The number of nitrogens with zero attached hydrogens (tertiary/aromatic N) is 2. The Hall–Kier alpha value is -3.36. The van der Waals surface area contributed by atoms with Crippen molar-refractivity contribution >= 4 is 56.5 Å². The number of carboxylic acids is 1. The van der Waals surface area contributed by atoms with Crippen molar-refractivity contribution in [2.75, 3.05) is 7.05 Å². The van der Waals surface area contributed by atoms with Gasteiger partial charge in [0.25, 0.3) is 5.91 Å². The zero-order chi connectivity index (χ0) is 23.4. The van der Waals surface area contributed by atoms with E-state index in [1.54, 1.807) is 25.3 Å². The van der Waals surface area contributed by atoms with Crippen LogP contribution in [-0.4, -0.2) is 34.1 Å².